The second-order valence-electron chi connectivity index (χ2n) is 7.37. The molecule has 0 saturated carbocycles. The van der Waals surface area contributed by atoms with Crippen LogP contribution >= 0.6 is 0 Å². The van der Waals surface area contributed by atoms with Crippen LogP contribution in [-0.4, -0.2) is 29.1 Å². The number of carbonyl (C=O) groups excluding carboxylic acids is 1. The molecule has 0 aliphatic rings. The van der Waals surface area contributed by atoms with E-state index in [0.717, 1.165) is 45.2 Å². The van der Waals surface area contributed by atoms with Crippen LogP contribution in [0, 0.1) is 13.8 Å². The number of rotatable bonds is 6. The fourth-order valence-electron chi connectivity index (χ4n) is 3.77. The van der Waals surface area contributed by atoms with Crippen molar-refractivity contribution in [2.45, 2.75) is 27.2 Å². The fourth-order valence-corrected chi connectivity index (χ4v) is 3.77. The van der Waals surface area contributed by atoms with Gasteiger partial charge in [0.1, 0.15) is 5.56 Å². The van der Waals surface area contributed by atoms with Gasteiger partial charge in [0, 0.05) is 29.2 Å². The number of nitrogens with one attached hydrogen (secondary N) is 1. The van der Waals surface area contributed by atoms with E-state index in [2.05, 4.69) is 35.4 Å². The predicted octanol–water partition coefficient (Wildman–Crippen LogP) is 5.23. The van der Waals surface area contributed by atoms with Crippen molar-refractivity contribution in [3.63, 3.8) is 0 Å². The van der Waals surface area contributed by atoms with Crippen LogP contribution in [0.25, 0.3) is 21.8 Å². The van der Waals surface area contributed by atoms with Crippen molar-refractivity contribution in [1.82, 2.24) is 9.97 Å². The first-order valence-electron chi connectivity index (χ1n) is 10.2. The molecule has 4 aromatic rings. The van der Waals surface area contributed by atoms with Gasteiger partial charge in [-0.1, -0.05) is 42.0 Å². The fraction of sp³-hybridized carbons (Fsp3) is 0.240. The zero-order chi connectivity index (χ0) is 21.1. The number of anilines is 1. The standard InChI is InChI=1S/C25H25N3O2/c1-4-30-25(29)20-15-27-23-19-14-16(2)10-11-21(19)28-17(3)22(23)24(20)26-13-12-18-8-6-5-7-9-18/h5-11,14-15H,4,12-13H2,1-3H3,(H,26,27). The molecule has 4 rings (SSSR count). The maximum absolute atomic E-state index is 12.6. The number of benzene rings is 2. The lowest BCUT2D eigenvalue weighted by atomic mass is 10.0. The van der Waals surface area contributed by atoms with Gasteiger partial charge in [-0.3, -0.25) is 9.97 Å². The molecule has 0 spiro atoms. The van der Waals surface area contributed by atoms with Crippen molar-refractivity contribution in [3.8, 4) is 0 Å². The van der Waals surface area contributed by atoms with E-state index in [1.54, 1.807) is 13.1 Å². The highest BCUT2D eigenvalue weighted by molar-refractivity contribution is 6.13. The molecule has 0 radical (unpaired) electrons. The van der Waals surface area contributed by atoms with Crippen LogP contribution in [0.15, 0.2) is 54.7 Å². The Morgan fingerprint density at radius 2 is 1.90 bits per heavy atom. The molecule has 1 N–H and O–H groups in total. The molecule has 2 aromatic carbocycles. The summed E-state index contributed by atoms with van der Waals surface area (Å²) >= 11 is 0. The zero-order valence-electron chi connectivity index (χ0n) is 17.5. The van der Waals surface area contributed by atoms with Gasteiger partial charge in [-0.25, -0.2) is 4.79 Å². The van der Waals surface area contributed by atoms with Gasteiger partial charge >= 0.3 is 5.97 Å². The molecule has 5 nitrogen and oxygen atoms in total. The molecule has 2 heterocycles. The van der Waals surface area contributed by atoms with Crippen LogP contribution in [0.5, 0.6) is 0 Å². The first-order chi connectivity index (χ1) is 14.6. The summed E-state index contributed by atoms with van der Waals surface area (Å²) in [5.41, 5.74) is 6.13. The summed E-state index contributed by atoms with van der Waals surface area (Å²) in [7, 11) is 0. The molecular formula is C25H25N3O2. The average Bonchev–Trinajstić information content (AvgIpc) is 2.75. The van der Waals surface area contributed by atoms with Crippen molar-refractivity contribution < 1.29 is 9.53 Å². The lowest BCUT2D eigenvalue weighted by Gasteiger charge is -2.16. The third-order valence-corrected chi connectivity index (χ3v) is 5.19. The summed E-state index contributed by atoms with van der Waals surface area (Å²) in [5.74, 6) is -0.377. The van der Waals surface area contributed by atoms with Crippen molar-refractivity contribution >= 4 is 33.5 Å². The number of nitrogens with zero attached hydrogens (tertiary/aromatic N) is 2. The van der Waals surface area contributed by atoms with Crippen molar-refractivity contribution in [1.29, 1.82) is 0 Å². The number of carbonyl (C=O) groups is 1. The molecule has 0 unspecified atom stereocenters. The second kappa shape index (κ2) is 8.49. The molecule has 0 bridgehead atoms. The molecule has 0 aliphatic carbocycles. The first-order valence-corrected chi connectivity index (χ1v) is 10.2. The topological polar surface area (TPSA) is 64.1 Å². The monoisotopic (exact) mass is 399 g/mol. The molecule has 2 aromatic heterocycles. The summed E-state index contributed by atoms with van der Waals surface area (Å²) in [6.07, 6.45) is 2.46. The molecule has 0 aliphatic heterocycles. The lowest BCUT2D eigenvalue weighted by Crippen LogP contribution is -2.13. The SMILES string of the molecule is CCOC(=O)c1cnc2c(c(C)nc3ccc(C)cc32)c1NCCc1ccccc1. The van der Waals surface area contributed by atoms with Crippen LogP contribution in [0.1, 0.15) is 34.1 Å². The van der Waals surface area contributed by atoms with Crippen molar-refractivity contribution in [2.75, 3.05) is 18.5 Å². The maximum Gasteiger partial charge on any atom is 0.341 e. The van der Waals surface area contributed by atoms with E-state index in [4.69, 9.17) is 9.72 Å². The van der Waals surface area contributed by atoms with Gasteiger partial charge in [0.05, 0.1) is 23.3 Å². The van der Waals surface area contributed by atoms with Crippen LogP contribution in [-0.2, 0) is 11.2 Å². The quantitative estimate of drug-likeness (QED) is 0.355. The number of esters is 1. The number of hydrogen-bond donors (Lipinski definition) is 1. The Morgan fingerprint density at radius 3 is 2.67 bits per heavy atom. The number of ether oxygens (including phenoxy) is 1. The molecular weight excluding hydrogens is 374 g/mol. The molecule has 30 heavy (non-hydrogen) atoms. The van der Waals surface area contributed by atoms with E-state index in [1.807, 2.05) is 37.3 Å². The average molecular weight is 399 g/mol. The normalized spacial score (nSPS) is 11.0. The van der Waals surface area contributed by atoms with Crippen LogP contribution in [0.4, 0.5) is 5.69 Å². The molecule has 5 heteroatoms. The van der Waals surface area contributed by atoms with E-state index in [0.29, 0.717) is 18.7 Å². The number of hydrogen-bond acceptors (Lipinski definition) is 5. The molecule has 0 saturated heterocycles. The molecule has 0 amide bonds. The van der Waals surface area contributed by atoms with E-state index >= 15 is 0 Å². The van der Waals surface area contributed by atoms with E-state index in [9.17, 15) is 4.79 Å². The molecule has 0 fully saturated rings. The highest BCUT2D eigenvalue weighted by Gasteiger charge is 2.20. The Bertz CT molecular complexity index is 1220. The van der Waals surface area contributed by atoms with Gasteiger partial charge in [0.2, 0.25) is 0 Å². The second-order valence-corrected chi connectivity index (χ2v) is 7.37. The van der Waals surface area contributed by atoms with Gasteiger partial charge in [0.15, 0.2) is 0 Å². The van der Waals surface area contributed by atoms with Gasteiger partial charge in [-0.15, -0.1) is 0 Å². The third kappa shape index (κ3) is 3.83. The highest BCUT2D eigenvalue weighted by atomic mass is 16.5. The van der Waals surface area contributed by atoms with Crippen LogP contribution < -0.4 is 5.32 Å². The summed E-state index contributed by atoms with van der Waals surface area (Å²) in [6.45, 7) is 6.81. The van der Waals surface area contributed by atoms with E-state index in [1.165, 1.54) is 5.56 Å². The lowest BCUT2D eigenvalue weighted by molar-refractivity contribution is 0.0527. The third-order valence-electron chi connectivity index (χ3n) is 5.19. The highest BCUT2D eigenvalue weighted by Crippen LogP contribution is 2.33. The van der Waals surface area contributed by atoms with Crippen LogP contribution in [0.2, 0.25) is 0 Å². The van der Waals surface area contributed by atoms with E-state index in [-0.39, 0.29) is 5.97 Å². The van der Waals surface area contributed by atoms with Gasteiger partial charge in [-0.2, -0.15) is 0 Å². The largest absolute Gasteiger partial charge is 0.462 e. The Kier molecular flexibility index (Phi) is 5.61. The van der Waals surface area contributed by atoms with Gasteiger partial charge < -0.3 is 10.1 Å². The summed E-state index contributed by atoms with van der Waals surface area (Å²) in [6, 6.07) is 16.4. The summed E-state index contributed by atoms with van der Waals surface area (Å²) in [5, 5.41) is 5.33. The zero-order valence-corrected chi connectivity index (χ0v) is 17.5. The molecule has 0 atom stereocenters. The first kappa shape index (κ1) is 19.8. The Labute approximate surface area is 176 Å². The minimum Gasteiger partial charge on any atom is -0.462 e. The van der Waals surface area contributed by atoms with Crippen molar-refractivity contribution in [2.24, 2.45) is 0 Å². The van der Waals surface area contributed by atoms with Gasteiger partial charge in [0.25, 0.3) is 0 Å². The summed E-state index contributed by atoms with van der Waals surface area (Å²) in [4.78, 5) is 22.1. The minimum atomic E-state index is -0.377. The van der Waals surface area contributed by atoms with E-state index < -0.39 is 0 Å². The maximum atomic E-state index is 12.6. The predicted molar refractivity (Wildman–Crippen MR) is 121 cm³/mol. The van der Waals surface area contributed by atoms with Crippen LogP contribution in [0.3, 0.4) is 0 Å². The number of aryl methyl sites for hydroxylation is 2. The smallest absolute Gasteiger partial charge is 0.341 e. The van der Waals surface area contributed by atoms with Gasteiger partial charge in [-0.05, 0) is 44.9 Å². The number of fused-ring (bicyclic) bond motifs is 3. The molecule has 152 valence electrons. The Hall–Kier alpha value is -3.47. The minimum absolute atomic E-state index is 0.314. The number of aromatic nitrogens is 2. The number of pyridine rings is 2. The summed E-state index contributed by atoms with van der Waals surface area (Å²) < 4.78 is 5.29. The van der Waals surface area contributed by atoms with Crippen molar-refractivity contribution in [3.05, 3.63) is 77.1 Å². The Balaban J connectivity index is 1.84. The Morgan fingerprint density at radius 1 is 1.10 bits per heavy atom.